The zero-order valence-electron chi connectivity index (χ0n) is 12.3. The summed E-state index contributed by atoms with van der Waals surface area (Å²) in [5, 5.41) is 3.07. The van der Waals surface area contributed by atoms with Crippen molar-refractivity contribution < 1.29 is 14.3 Å². The van der Waals surface area contributed by atoms with Crippen LogP contribution in [0.3, 0.4) is 0 Å². The van der Waals surface area contributed by atoms with Crippen LogP contribution in [0.25, 0.3) is 0 Å². The summed E-state index contributed by atoms with van der Waals surface area (Å²) in [4.78, 5) is 14.7. The van der Waals surface area contributed by atoms with Crippen LogP contribution >= 0.6 is 0 Å². The van der Waals surface area contributed by atoms with E-state index in [4.69, 9.17) is 10.5 Å². The molecule has 0 saturated carbocycles. The summed E-state index contributed by atoms with van der Waals surface area (Å²) in [7, 11) is 4.86. The minimum Gasteiger partial charge on any atom is -0.497 e. The van der Waals surface area contributed by atoms with E-state index in [2.05, 4.69) is 15.0 Å². The third-order valence-electron chi connectivity index (χ3n) is 2.43. The first-order valence-corrected chi connectivity index (χ1v) is 6.16. The van der Waals surface area contributed by atoms with Crippen LogP contribution in [0, 0.1) is 0 Å². The number of rotatable bonds is 4. The van der Waals surface area contributed by atoms with E-state index in [9.17, 15) is 4.79 Å². The van der Waals surface area contributed by atoms with E-state index in [0.717, 1.165) is 11.4 Å². The highest BCUT2D eigenvalue weighted by atomic mass is 16.5. The van der Waals surface area contributed by atoms with Gasteiger partial charge < -0.3 is 20.5 Å². The molecule has 112 valence electrons. The molecular formula is C15H19N3O3. The van der Waals surface area contributed by atoms with E-state index in [1.807, 2.05) is 24.3 Å². The van der Waals surface area contributed by atoms with Gasteiger partial charge in [-0.3, -0.25) is 4.79 Å². The van der Waals surface area contributed by atoms with Crippen molar-refractivity contribution in [3.8, 4) is 5.75 Å². The number of pyridine rings is 1. The van der Waals surface area contributed by atoms with Gasteiger partial charge in [-0.25, -0.2) is 4.98 Å². The number of benzene rings is 1. The first-order valence-electron chi connectivity index (χ1n) is 6.16. The van der Waals surface area contributed by atoms with Gasteiger partial charge in [-0.1, -0.05) is 0 Å². The van der Waals surface area contributed by atoms with E-state index in [1.165, 1.54) is 6.20 Å². The molecule has 2 rings (SSSR count). The average molecular weight is 289 g/mol. The Kier molecular flexibility index (Phi) is 6.70. The first-order chi connectivity index (χ1) is 10.1. The summed E-state index contributed by atoms with van der Waals surface area (Å²) in [5.74, 6) is 1.29. The number of hydrogen-bond acceptors (Lipinski definition) is 6. The van der Waals surface area contributed by atoms with Crippen LogP contribution in [-0.4, -0.2) is 32.6 Å². The molecule has 0 bridgehead atoms. The second kappa shape index (κ2) is 8.55. The number of carbonyl (C=O) groups is 1. The van der Waals surface area contributed by atoms with Gasteiger partial charge in [0.2, 0.25) is 0 Å². The molecular weight excluding hydrogens is 270 g/mol. The first kappa shape index (κ1) is 16.5. The molecule has 0 amide bonds. The van der Waals surface area contributed by atoms with Crippen molar-refractivity contribution in [3.63, 3.8) is 0 Å². The number of carbonyl (C=O) groups excluding carboxylic acids is 1. The molecule has 1 aromatic heterocycles. The summed E-state index contributed by atoms with van der Waals surface area (Å²) in [6.07, 6.45) is 2.18. The van der Waals surface area contributed by atoms with Gasteiger partial charge >= 0.3 is 0 Å². The zero-order valence-corrected chi connectivity index (χ0v) is 12.3. The van der Waals surface area contributed by atoms with Gasteiger partial charge in [0.25, 0.3) is 0 Å². The maximum absolute atomic E-state index is 10.6. The lowest BCUT2D eigenvalue weighted by atomic mass is 10.2. The smallest absolute Gasteiger partial charge is 0.153 e. The number of nitrogens with two attached hydrogens (primary N) is 1. The molecule has 0 spiro atoms. The zero-order chi connectivity index (χ0) is 15.7. The molecule has 6 nitrogen and oxygen atoms in total. The van der Waals surface area contributed by atoms with Gasteiger partial charge in [-0.15, -0.1) is 0 Å². The Morgan fingerprint density at radius 2 is 1.81 bits per heavy atom. The molecule has 0 unspecified atom stereocenters. The molecule has 1 heterocycles. The molecule has 0 saturated heterocycles. The SMILES string of the molecule is COC.COc1ccc(Nc2ncc(C=O)cc2N)cc1. The van der Waals surface area contributed by atoms with Gasteiger partial charge in [0.15, 0.2) is 12.1 Å². The van der Waals surface area contributed by atoms with Gasteiger partial charge in [0.1, 0.15) is 5.75 Å². The summed E-state index contributed by atoms with van der Waals surface area (Å²) in [6.45, 7) is 0. The lowest BCUT2D eigenvalue weighted by molar-refractivity contribution is 0.112. The second-order valence-electron chi connectivity index (χ2n) is 4.09. The van der Waals surface area contributed by atoms with Crippen LogP contribution in [0.5, 0.6) is 5.75 Å². The van der Waals surface area contributed by atoms with E-state index in [1.54, 1.807) is 27.4 Å². The second-order valence-corrected chi connectivity index (χ2v) is 4.09. The maximum atomic E-state index is 10.6. The van der Waals surface area contributed by atoms with Gasteiger partial charge in [-0.05, 0) is 30.3 Å². The topological polar surface area (TPSA) is 86.5 Å². The monoisotopic (exact) mass is 289 g/mol. The van der Waals surface area contributed by atoms with Crippen LogP contribution in [0.1, 0.15) is 10.4 Å². The summed E-state index contributed by atoms with van der Waals surface area (Å²) >= 11 is 0. The van der Waals surface area contributed by atoms with Crippen LogP contribution in [-0.2, 0) is 4.74 Å². The number of nitrogens with one attached hydrogen (secondary N) is 1. The third kappa shape index (κ3) is 5.12. The molecule has 0 radical (unpaired) electrons. The van der Waals surface area contributed by atoms with Crippen LogP contribution in [0.2, 0.25) is 0 Å². The normalized spacial score (nSPS) is 9.29. The summed E-state index contributed by atoms with van der Waals surface area (Å²) < 4.78 is 9.32. The molecule has 2 aromatic rings. The number of nitrogen functional groups attached to an aromatic ring is 1. The maximum Gasteiger partial charge on any atom is 0.153 e. The molecule has 0 atom stereocenters. The Morgan fingerprint density at radius 3 is 2.29 bits per heavy atom. The van der Waals surface area contributed by atoms with Crippen molar-refractivity contribution in [1.29, 1.82) is 0 Å². The largest absolute Gasteiger partial charge is 0.497 e. The molecule has 1 aromatic carbocycles. The minimum absolute atomic E-state index is 0.426. The Hall–Kier alpha value is -2.60. The van der Waals surface area contributed by atoms with Crippen molar-refractivity contribution in [3.05, 3.63) is 42.1 Å². The molecule has 0 fully saturated rings. The van der Waals surface area contributed by atoms with Crippen LogP contribution in [0.4, 0.5) is 17.2 Å². The Labute approximate surface area is 123 Å². The lowest BCUT2D eigenvalue weighted by Crippen LogP contribution is -2.00. The van der Waals surface area contributed by atoms with Crippen molar-refractivity contribution in [2.75, 3.05) is 32.4 Å². The van der Waals surface area contributed by atoms with Crippen LogP contribution < -0.4 is 15.8 Å². The Bertz CT molecular complexity index is 571. The minimum atomic E-state index is 0.426. The third-order valence-corrected chi connectivity index (χ3v) is 2.43. The molecule has 21 heavy (non-hydrogen) atoms. The average Bonchev–Trinajstić information content (AvgIpc) is 2.51. The predicted octanol–water partition coefficient (Wildman–Crippen LogP) is 2.49. The molecule has 0 aliphatic heterocycles. The lowest BCUT2D eigenvalue weighted by Gasteiger charge is -2.09. The number of anilines is 3. The van der Waals surface area contributed by atoms with E-state index in [0.29, 0.717) is 23.4 Å². The number of hydrogen-bond donors (Lipinski definition) is 2. The number of aromatic nitrogens is 1. The predicted molar refractivity (Wildman–Crippen MR) is 83.2 cm³/mol. The molecule has 3 N–H and O–H groups in total. The highest BCUT2D eigenvalue weighted by Gasteiger charge is 2.03. The van der Waals surface area contributed by atoms with Crippen molar-refractivity contribution in [1.82, 2.24) is 4.98 Å². The van der Waals surface area contributed by atoms with Crippen LogP contribution in [0.15, 0.2) is 36.5 Å². The number of nitrogens with zero attached hydrogens (tertiary/aromatic N) is 1. The van der Waals surface area contributed by atoms with Gasteiger partial charge in [0, 0.05) is 31.7 Å². The standard InChI is InChI=1S/C13H13N3O2.C2H6O/c1-18-11-4-2-10(3-5-11)16-13-12(14)6-9(8-17)7-15-13;1-3-2/h2-8H,14H2,1H3,(H,15,16);1-2H3. The number of aldehydes is 1. The van der Waals surface area contributed by atoms with Crippen molar-refractivity contribution in [2.24, 2.45) is 0 Å². The number of methoxy groups -OCH3 is 2. The van der Waals surface area contributed by atoms with Gasteiger partial charge in [0.05, 0.1) is 12.8 Å². The fourth-order valence-electron chi connectivity index (χ4n) is 1.48. The highest BCUT2D eigenvalue weighted by Crippen LogP contribution is 2.22. The fraction of sp³-hybridized carbons (Fsp3) is 0.200. The summed E-state index contributed by atoms with van der Waals surface area (Å²) in [6, 6.07) is 8.95. The Balaban J connectivity index is 0.000000677. The van der Waals surface area contributed by atoms with E-state index < -0.39 is 0 Å². The summed E-state index contributed by atoms with van der Waals surface area (Å²) in [5.41, 5.74) is 7.51. The Morgan fingerprint density at radius 1 is 1.19 bits per heavy atom. The van der Waals surface area contributed by atoms with Crippen molar-refractivity contribution >= 4 is 23.5 Å². The quantitative estimate of drug-likeness (QED) is 0.841. The highest BCUT2D eigenvalue weighted by molar-refractivity contribution is 5.79. The van der Waals surface area contributed by atoms with Gasteiger partial charge in [-0.2, -0.15) is 0 Å². The van der Waals surface area contributed by atoms with Crippen molar-refractivity contribution in [2.45, 2.75) is 0 Å². The molecule has 0 aliphatic rings. The molecule has 0 aliphatic carbocycles. The van der Waals surface area contributed by atoms with E-state index in [-0.39, 0.29) is 0 Å². The fourth-order valence-corrected chi connectivity index (χ4v) is 1.48. The number of ether oxygens (including phenoxy) is 2. The molecule has 6 heteroatoms. The van der Waals surface area contributed by atoms with E-state index >= 15 is 0 Å².